The fraction of sp³-hybridized carbons (Fsp3) is 0.176. The molecule has 88 valence electrons. The Morgan fingerprint density at radius 1 is 0.944 bits per heavy atom. The maximum atomic E-state index is 2.37. The van der Waals surface area contributed by atoms with Gasteiger partial charge in [0.1, 0.15) is 0 Å². The van der Waals surface area contributed by atoms with Crippen molar-refractivity contribution in [2.75, 3.05) is 0 Å². The van der Waals surface area contributed by atoms with Gasteiger partial charge in [-0.05, 0) is 35.1 Å². The van der Waals surface area contributed by atoms with Crippen molar-refractivity contribution < 1.29 is 26.2 Å². The predicted octanol–water partition coefficient (Wildman–Crippen LogP) is 4.70. The van der Waals surface area contributed by atoms with Crippen LogP contribution >= 0.6 is 0 Å². The molecule has 0 aliphatic heterocycles. The molecule has 0 N–H and O–H groups in total. The molecule has 0 atom stereocenters. The van der Waals surface area contributed by atoms with Gasteiger partial charge in [0.05, 0.1) is 0 Å². The van der Waals surface area contributed by atoms with E-state index in [1.807, 2.05) is 0 Å². The average molecular weight is 312 g/mol. The van der Waals surface area contributed by atoms with Gasteiger partial charge in [-0.3, -0.25) is 0 Å². The predicted molar refractivity (Wildman–Crippen MR) is 73.9 cm³/mol. The summed E-state index contributed by atoms with van der Waals surface area (Å²) in [5, 5.41) is 0. The maximum absolute atomic E-state index is 2.37. The Morgan fingerprint density at radius 3 is 2.44 bits per heavy atom. The smallest absolute Gasteiger partial charge is 0 e. The van der Waals surface area contributed by atoms with Crippen molar-refractivity contribution in [3.05, 3.63) is 65.2 Å². The summed E-state index contributed by atoms with van der Waals surface area (Å²) < 4.78 is 0. The Kier molecular flexibility index (Phi) is 4.35. The first kappa shape index (κ1) is 13.5. The van der Waals surface area contributed by atoms with E-state index in [1.165, 1.54) is 22.3 Å². The number of benzene rings is 2. The molecule has 0 saturated heterocycles. The van der Waals surface area contributed by atoms with Gasteiger partial charge in [0.2, 0.25) is 0 Å². The molecule has 18 heavy (non-hydrogen) atoms. The van der Waals surface area contributed by atoms with Crippen molar-refractivity contribution in [3.63, 3.8) is 0 Å². The van der Waals surface area contributed by atoms with E-state index in [-0.39, 0.29) is 26.2 Å². The minimum Gasteiger partial charge on any atom is -0.0655 e. The second-order valence-electron chi connectivity index (χ2n) is 4.58. The zero-order valence-corrected chi connectivity index (χ0v) is 13.1. The van der Waals surface area contributed by atoms with Crippen molar-refractivity contribution >= 4 is 6.08 Å². The third-order valence-corrected chi connectivity index (χ3v) is 3.50. The summed E-state index contributed by atoms with van der Waals surface area (Å²) in [4.78, 5) is 0. The van der Waals surface area contributed by atoms with E-state index in [4.69, 9.17) is 0 Å². The molecule has 2 aromatic carbocycles. The summed E-state index contributed by atoms with van der Waals surface area (Å²) in [7, 11) is 0. The minimum atomic E-state index is 0. The van der Waals surface area contributed by atoms with Crippen LogP contribution in [-0.2, 0) is 32.6 Å². The molecule has 0 saturated carbocycles. The largest absolute Gasteiger partial charge is 0.0655 e. The second kappa shape index (κ2) is 5.80. The quantitative estimate of drug-likeness (QED) is 0.754. The summed E-state index contributed by atoms with van der Waals surface area (Å²) in [6, 6.07) is 17.3. The van der Waals surface area contributed by atoms with Crippen molar-refractivity contribution in [1.29, 1.82) is 0 Å². The van der Waals surface area contributed by atoms with E-state index in [2.05, 4.69) is 61.5 Å². The van der Waals surface area contributed by atoms with Gasteiger partial charge in [-0.1, -0.05) is 67.1 Å². The Labute approximate surface area is 128 Å². The van der Waals surface area contributed by atoms with Crippen molar-refractivity contribution in [2.24, 2.45) is 0 Å². The Morgan fingerprint density at radius 2 is 1.72 bits per heavy atom. The van der Waals surface area contributed by atoms with Crippen LogP contribution in [0.2, 0.25) is 0 Å². The van der Waals surface area contributed by atoms with Gasteiger partial charge >= 0.3 is 0 Å². The normalized spacial score (nSPS) is 12.6. The number of hydrogen-bond acceptors (Lipinski definition) is 0. The van der Waals surface area contributed by atoms with Crippen LogP contribution in [0.4, 0.5) is 0 Å². The third kappa shape index (κ3) is 2.42. The first-order valence-electron chi connectivity index (χ1n) is 6.25. The molecule has 0 amide bonds. The second-order valence-corrected chi connectivity index (χ2v) is 4.58. The minimum absolute atomic E-state index is 0. The zero-order valence-electron chi connectivity index (χ0n) is 10.6. The monoisotopic (exact) mass is 310 g/mol. The molecule has 0 radical (unpaired) electrons. The SMILES string of the molecule is CCC1=Cc2c(cccc2-c2ccccc2)C1.[Zr]. The molecular weight excluding hydrogens is 295 g/mol. The van der Waals surface area contributed by atoms with Gasteiger partial charge in [0.25, 0.3) is 0 Å². The van der Waals surface area contributed by atoms with Crippen LogP contribution in [0.5, 0.6) is 0 Å². The van der Waals surface area contributed by atoms with E-state index in [1.54, 1.807) is 5.57 Å². The molecule has 0 spiro atoms. The van der Waals surface area contributed by atoms with E-state index in [0.717, 1.165) is 12.8 Å². The number of rotatable bonds is 2. The van der Waals surface area contributed by atoms with Gasteiger partial charge in [-0.2, -0.15) is 0 Å². The van der Waals surface area contributed by atoms with Crippen LogP contribution in [-0.4, -0.2) is 0 Å². The fourth-order valence-electron chi connectivity index (χ4n) is 2.53. The molecule has 0 nitrogen and oxygen atoms in total. The van der Waals surface area contributed by atoms with E-state index in [9.17, 15) is 0 Å². The molecule has 1 aliphatic rings. The van der Waals surface area contributed by atoms with Crippen LogP contribution < -0.4 is 0 Å². The Balaban J connectivity index is 0.00000120. The fourth-order valence-corrected chi connectivity index (χ4v) is 2.53. The van der Waals surface area contributed by atoms with Gasteiger partial charge in [0.15, 0.2) is 0 Å². The number of hydrogen-bond donors (Lipinski definition) is 0. The Hall–Kier alpha value is -0.937. The van der Waals surface area contributed by atoms with Gasteiger partial charge in [-0.15, -0.1) is 0 Å². The summed E-state index contributed by atoms with van der Waals surface area (Å²) in [5.41, 5.74) is 7.13. The molecule has 0 unspecified atom stereocenters. The standard InChI is InChI=1S/C17H16.Zr/c1-2-13-11-15-9-6-10-16(17(15)12-13)14-7-4-3-5-8-14;/h3-10,12H,2,11H2,1H3;. The summed E-state index contributed by atoms with van der Waals surface area (Å²) in [6.07, 6.45) is 4.66. The Bertz CT molecular complexity index is 567. The average Bonchev–Trinajstić information content (AvgIpc) is 2.82. The topological polar surface area (TPSA) is 0 Å². The molecule has 0 fully saturated rings. The molecule has 0 aromatic heterocycles. The van der Waals surface area contributed by atoms with Gasteiger partial charge in [-0.25, -0.2) is 0 Å². The van der Waals surface area contributed by atoms with E-state index < -0.39 is 0 Å². The zero-order chi connectivity index (χ0) is 11.7. The molecule has 3 rings (SSSR count). The van der Waals surface area contributed by atoms with Crippen LogP contribution in [0.15, 0.2) is 54.1 Å². The molecule has 1 aliphatic carbocycles. The molecule has 0 bridgehead atoms. The molecule has 1 heteroatoms. The number of fused-ring (bicyclic) bond motifs is 1. The summed E-state index contributed by atoms with van der Waals surface area (Å²) in [6.45, 7) is 2.24. The van der Waals surface area contributed by atoms with Crippen molar-refractivity contribution in [1.82, 2.24) is 0 Å². The van der Waals surface area contributed by atoms with Crippen molar-refractivity contribution in [3.8, 4) is 11.1 Å². The van der Waals surface area contributed by atoms with Crippen LogP contribution in [0.1, 0.15) is 24.5 Å². The van der Waals surface area contributed by atoms with Crippen molar-refractivity contribution in [2.45, 2.75) is 19.8 Å². The van der Waals surface area contributed by atoms with Gasteiger partial charge < -0.3 is 0 Å². The molecule has 0 heterocycles. The van der Waals surface area contributed by atoms with Crippen LogP contribution in [0.25, 0.3) is 17.2 Å². The molecular formula is C17H16Zr. The van der Waals surface area contributed by atoms with E-state index >= 15 is 0 Å². The van der Waals surface area contributed by atoms with Crippen LogP contribution in [0, 0.1) is 0 Å². The maximum Gasteiger partial charge on any atom is 0 e. The summed E-state index contributed by atoms with van der Waals surface area (Å²) >= 11 is 0. The van der Waals surface area contributed by atoms with E-state index in [0.29, 0.717) is 0 Å². The summed E-state index contributed by atoms with van der Waals surface area (Å²) in [5.74, 6) is 0. The first-order valence-corrected chi connectivity index (χ1v) is 6.25. The first-order chi connectivity index (χ1) is 8.38. The third-order valence-electron chi connectivity index (χ3n) is 3.50. The van der Waals surface area contributed by atoms with Gasteiger partial charge in [0, 0.05) is 26.2 Å². The molecule has 2 aromatic rings. The number of allylic oxidation sites excluding steroid dienone is 1. The van der Waals surface area contributed by atoms with Crippen LogP contribution in [0.3, 0.4) is 0 Å².